The van der Waals surface area contributed by atoms with Crippen molar-refractivity contribution in [2.75, 3.05) is 0 Å². The van der Waals surface area contributed by atoms with Gasteiger partial charge in [-0.05, 0) is 0 Å². The SMILES string of the molecule is C[C-](C)C.C[C-](C)C.C[C-](C)C.C[C-](C)C.[Pd]. The Labute approximate surface area is 127 Å². The molecule has 0 atom stereocenters. The van der Waals surface area contributed by atoms with E-state index in [2.05, 4.69) is 83.1 Å². The van der Waals surface area contributed by atoms with Crippen LogP contribution in [-0.4, -0.2) is 0 Å². The Morgan fingerprint density at radius 1 is 0.294 bits per heavy atom. The average Bonchev–Trinajstić information content (AvgIpc) is 1.76. The van der Waals surface area contributed by atoms with Gasteiger partial charge < -0.3 is 23.7 Å². The van der Waals surface area contributed by atoms with E-state index in [1.165, 1.54) is 23.7 Å². The van der Waals surface area contributed by atoms with Crippen molar-refractivity contribution >= 4 is 0 Å². The van der Waals surface area contributed by atoms with E-state index in [-0.39, 0.29) is 20.4 Å². The Hall–Kier alpha value is 0.662. The molecular formula is C16H36Pd-4. The Kier molecular flexibility index (Phi) is 45.9. The molecule has 0 radical (unpaired) electrons. The van der Waals surface area contributed by atoms with Crippen LogP contribution in [0.5, 0.6) is 0 Å². The molecule has 114 valence electrons. The number of hydrogen-bond donors (Lipinski definition) is 0. The molecule has 0 heterocycles. The maximum atomic E-state index is 2.08. The topological polar surface area (TPSA) is 0 Å². The molecule has 17 heavy (non-hydrogen) atoms. The van der Waals surface area contributed by atoms with Crippen molar-refractivity contribution in [2.45, 2.75) is 83.1 Å². The van der Waals surface area contributed by atoms with Gasteiger partial charge in [0.1, 0.15) is 0 Å². The van der Waals surface area contributed by atoms with Crippen molar-refractivity contribution in [2.24, 2.45) is 0 Å². The summed E-state index contributed by atoms with van der Waals surface area (Å²) in [6, 6.07) is 0. The molecule has 0 aromatic carbocycles. The quantitative estimate of drug-likeness (QED) is 0.351. The molecule has 0 aliphatic rings. The molecule has 0 aliphatic carbocycles. The van der Waals surface area contributed by atoms with E-state index in [0.29, 0.717) is 0 Å². The van der Waals surface area contributed by atoms with Crippen LogP contribution in [0.25, 0.3) is 0 Å². The molecule has 0 bridgehead atoms. The van der Waals surface area contributed by atoms with Crippen molar-refractivity contribution in [3.8, 4) is 0 Å². The molecule has 0 saturated carbocycles. The minimum atomic E-state index is 0. The van der Waals surface area contributed by atoms with Gasteiger partial charge in [-0.15, -0.1) is 0 Å². The van der Waals surface area contributed by atoms with Crippen LogP contribution >= 0.6 is 0 Å². The summed E-state index contributed by atoms with van der Waals surface area (Å²) in [5.74, 6) is 5.67. The van der Waals surface area contributed by atoms with E-state index in [1.807, 2.05) is 0 Å². The first-order valence-corrected chi connectivity index (χ1v) is 6.00. The Bertz CT molecular complexity index is 48.5. The van der Waals surface area contributed by atoms with E-state index in [1.54, 1.807) is 0 Å². The summed E-state index contributed by atoms with van der Waals surface area (Å²) in [6.45, 7) is 25.0. The summed E-state index contributed by atoms with van der Waals surface area (Å²) >= 11 is 0. The standard InChI is InChI=1S/4C4H9.Pd/c4*1-4(2)3;/h4*1-3H3;/q4*-1;. The largest absolute Gasteiger partial charge is 0.323 e. The first kappa shape index (κ1) is 30.6. The third-order valence-electron chi connectivity index (χ3n) is 0. The fourth-order valence-corrected chi connectivity index (χ4v) is 0. The minimum absolute atomic E-state index is 0. The van der Waals surface area contributed by atoms with Crippen LogP contribution < -0.4 is 0 Å². The number of hydrogen-bond acceptors (Lipinski definition) is 0. The van der Waals surface area contributed by atoms with Gasteiger partial charge in [0.05, 0.1) is 0 Å². The molecule has 0 amide bonds. The number of rotatable bonds is 0. The van der Waals surface area contributed by atoms with E-state index in [9.17, 15) is 0 Å². The third-order valence-corrected chi connectivity index (χ3v) is 0. The predicted octanol–water partition coefficient (Wildman–Crippen LogP) is 6.48. The summed E-state index contributed by atoms with van der Waals surface area (Å²) < 4.78 is 0. The van der Waals surface area contributed by atoms with Crippen molar-refractivity contribution < 1.29 is 20.4 Å². The fourth-order valence-electron chi connectivity index (χ4n) is 0. The molecule has 0 aromatic rings. The van der Waals surface area contributed by atoms with Crippen molar-refractivity contribution in [3.05, 3.63) is 23.7 Å². The normalized spacial score (nSPS) is 8.47. The summed E-state index contributed by atoms with van der Waals surface area (Å²) in [4.78, 5) is 0. The summed E-state index contributed by atoms with van der Waals surface area (Å²) in [5.41, 5.74) is 0. The van der Waals surface area contributed by atoms with Gasteiger partial charge in [0, 0.05) is 20.4 Å². The maximum absolute atomic E-state index is 2.08. The molecule has 0 unspecified atom stereocenters. The zero-order valence-corrected chi connectivity index (χ0v) is 15.9. The van der Waals surface area contributed by atoms with Crippen LogP contribution in [-0.2, 0) is 20.4 Å². The van der Waals surface area contributed by atoms with Gasteiger partial charge >= 0.3 is 0 Å². The van der Waals surface area contributed by atoms with Gasteiger partial charge in [-0.3, -0.25) is 0 Å². The predicted molar refractivity (Wildman–Crippen MR) is 81.1 cm³/mol. The van der Waals surface area contributed by atoms with Crippen LogP contribution in [0.3, 0.4) is 0 Å². The Morgan fingerprint density at radius 3 is 0.294 bits per heavy atom. The molecule has 0 nitrogen and oxygen atoms in total. The van der Waals surface area contributed by atoms with Gasteiger partial charge in [-0.25, -0.2) is 0 Å². The van der Waals surface area contributed by atoms with Crippen LogP contribution in [0.15, 0.2) is 0 Å². The Balaban J connectivity index is -0.0000000369. The molecule has 1 heteroatoms. The van der Waals surface area contributed by atoms with Gasteiger partial charge in [-0.2, -0.15) is 83.1 Å². The van der Waals surface area contributed by atoms with Gasteiger partial charge in [0.15, 0.2) is 0 Å². The zero-order valence-electron chi connectivity index (χ0n) is 14.3. The van der Waals surface area contributed by atoms with Crippen LogP contribution in [0.4, 0.5) is 0 Å². The van der Waals surface area contributed by atoms with Gasteiger partial charge in [0.2, 0.25) is 0 Å². The van der Waals surface area contributed by atoms with Crippen LogP contribution in [0, 0.1) is 23.7 Å². The second-order valence-electron chi connectivity index (χ2n) is 6.00. The molecule has 0 aromatic heterocycles. The smallest absolute Gasteiger partial charge is 0 e. The van der Waals surface area contributed by atoms with Crippen molar-refractivity contribution in [3.63, 3.8) is 0 Å². The van der Waals surface area contributed by atoms with Gasteiger partial charge in [0.25, 0.3) is 0 Å². The first-order chi connectivity index (χ1) is 6.93. The minimum Gasteiger partial charge on any atom is -0.323 e. The molecule has 0 rings (SSSR count). The molecular weight excluding hydrogens is 299 g/mol. The average molecular weight is 335 g/mol. The van der Waals surface area contributed by atoms with Crippen LogP contribution in [0.2, 0.25) is 0 Å². The molecule has 0 fully saturated rings. The van der Waals surface area contributed by atoms with Crippen molar-refractivity contribution in [1.29, 1.82) is 0 Å². The second-order valence-corrected chi connectivity index (χ2v) is 6.00. The van der Waals surface area contributed by atoms with Crippen molar-refractivity contribution in [1.82, 2.24) is 0 Å². The van der Waals surface area contributed by atoms with Crippen LogP contribution in [0.1, 0.15) is 83.1 Å². The monoisotopic (exact) mass is 334 g/mol. The van der Waals surface area contributed by atoms with E-state index in [4.69, 9.17) is 0 Å². The summed E-state index contributed by atoms with van der Waals surface area (Å²) in [6.07, 6.45) is 0. The van der Waals surface area contributed by atoms with E-state index < -0.39 is 0 Å². The third kappa shape index (κ3) is 8170. The van der Waals surface area contributed by atoms with E-state index >= 15 is 0 Å². The molecule has 0 aliphatic heterocycles. The molecule has 0 N–H and O–H groups in total. The molecule has 0 spiro atoms. The Morgan fingerprint density at radius 2 is 0.294 bits per heavy atom. The van der Waals surface area contributed by atoms with Gasteiger partial charge in [-0.1, -0.05) is 0 Å². The van der Waals surface area contributed by atoms with E-state index in [0.717, 1.165) is 0 Å². The fraction of sp³-hybridized carbons (Fsp3) is 0.750. The zero-order chi connectivity index (χ0) is 14.3. The summed E-state index contributed by atoms with van der Waals surface area (Å²) in [7, 11) is 0. The second kappa shape index (κ2) is 25.5. The maximum Gasteiger partial charge on any atom is 0 e. The molecule has 0 saturated heterocycles. The summed E-state index contributed by atoms with van der Waals surface area (Å²) in [5, 5.41) is 0. The first-order valence-electron chi connectivity index (χ1n) is 6.00.